The molecule has 2 N–H and O–H groups in total. The first-order chi connectivity index (χ1) is 9.06. The predicted octanol–water partition coefficient (Wildman–Crippen LogP) is 4.24. The molecule has 0 saturated heterocycles. The number of aryl methyl sites for hydroxylation is 4. The summed E-state index contributed by atoms with van der Waals surface area (Å²) in [5, 5.41) is 0. The maximum Gasteiger partial charge on any atom is 0.0300 e. The molecule has 0 radical (unpaired) electrons. The van der Waals surface area contributed by atoms with E-state index in [-0.39, 0.29) is 6.04 Å². The van der Waals surface area contributed by atoms with Crippen LogP contribution in [0.3, 0.4) is 0 Å². The topological polar surface area (TPSA) is 26.0 Å². The molecule has 1 nitrogen and oxygen atoms in total. The average molecular weight is 253 g/mol. The summed E-state index contributed by atoms with van der Waals surface area (Å²) in [5.74, 6) is 0. The van der Waals surface area contributed by atoms with Crippen LogP contribution in [0.4, 0.5) is 0 Å². The summed E-state index contributed by atoms with van der Waals surface area (Å²) in [6.07, 6.45) is 2.03. The molecule has 1 heteroatoms. The highest BCUT2D eigenvalue weighted by atomic mass is 14.6. The Balaban J connectivity index is 2.03. The minimum Gasteiger partial charge on any atom is -0.324 e. The molecule has 0 saturated carbocycles. The fourth-order valence-electron chi connectivity index (χ4n) is 2.39. The van der Waals surface area contributed by atoms with Gasteiger partial charge in [-0.15, -0.1) is 0 Å². The molecule has 0 aromatic heterocycles. The molecular formula is C18H23N. The van der Waals surface area contributed by atoms with Crippen molar-refractivity contribution in [2.45, 2.75) is 39.7 Å². The van der Waals surface area contributed by atoms with Crippen LogP contribution in [0.1, 0.15) is 40.3 Å². The zero-order chi connectivity index (χ0) is 13.8. The van der Waals surface area contributed by atoms with Gasteiger partial charge in [0.15, 0.2) is 0 Å². The Morgan fingerprint density at radius 3 is 2.21 bits per heavy atom. The van der Waals surface area contributed by atoms with Gasteiger partial charge >= 0.3 is 0 Å². The van der Waals surface area contributed by atoms with Gasteiger partial charge in [0.25, 0.3) is 0 Å². The van der Waals surface area contributed by atoms with E-state index in [0.29, 0.717) is 0 Å². The Hall–Kier alpha value is -1.60. The van der Waals surface area contributed by atoms with E-state index in [1.165, 1.54) is 27.8 Å². The maximum atomic E-state index is 6.34. The summed E-state index contributed by atoms with van der Waals surface area (Å²) in [5.41, 5.74) is 12.9. The Bertz CT molecular complexity index is 540. The first-order valence-electron chi connectivity index (χ1n) is 6.94. The summed E-state index contributed by atoms with van der Waals surface area (Å²) in [4.78, 5) is 0. The third kappa shape index (κ3) is 3.68. The van der Waals surface area contributed by atoms with Crippen molar-refractivity contribution in [3.05, 3.63) is 70.3 Å². The monoisotopic (exact) mass is 253 g/mol. The van der Waals surface area contributed by atoms with Crippen LogP contribution in [0.5, 0.6) is 0 Å². The van der Waals surface area contributed by atoms with Crippen molar-refractivity contribution in [1.29, 1.82) is 0 Å². The van der Waals surface area contributed by atoms with Gasteiger partial charge in [-0.2, -0.15) is 0 Å². The lowest BCUT2D eigenvalue weighted by atomic mass is 9.95. The van der Waals surface area contributed by atoms with Crippen LogP contribution in [-0.4, -0.2) is 0 Å². The molecule has 0 aliphatic heterocycles. The van der Waals surface area contributed by atoms with Gasteiger partial charge in [-0.3, -0.25) is 0 Å². The number of benzene rings is 2. The number of hydrogen-bond acceptors (Lipinski definition) is 1. The molecule has 0 heterocycles. The molecule has 19 heavy (non-hydrogen) atoms. The van der Waals surface area contributed by atoms with Gasteiger partial charge in [0.05, 0.1) is 0 Å². The van der Waals surface area contributed by atoms with Crippen LogP contribution in [0.15, 0.2) is 42.5 Å². The van der Waals surface area contributed by atoms with Gasteiger partial charge in [0.2, 0.25) is 0 Å². The van der Waals surface area contributed by atoms with Crippen LogP contribution in [0.25, 0.3) is 0 Å². The number of nitrogens with two attached hydrogens (primary N) is 1. The molecular weight excluding hydrogens is 230 g/mol. The standard InChI is InChI=1S/C18H23N/c1-13-5-8-16(9-6-13)10-11-18(19)17-12-14(2)4-7-15(17)3/h4-9,12,18H,10-11,19H2,1-3H3. The van der Waals surface area contributed by atoms with Crippen LogP contribution in [0.2, 0.25) is 0 Å². The zero-order valence-corrected chi connectivity index (χ0v) is 12.1. The van der Waals surface area contributed by atoms with E-state index in [1.807, 2.05) is 0 Å². The van der Waals surface area contributed by atoms with Crippen LogP contribution < -0.4 is 5.73 Å². The largest absolute Gasteiger partial charge is 0.324 e. The normalized spacial score (nSPS) is 12.4. The second kappa shape index (κ2) is 6.03. The molecule has 0 fully saturated rings. The quantitative estimate of drug-likeness (QED) is 0.866. The first kappa shape index (κ1) is 13.8. The average Bonchev–Trinajstić information content (AvgIpc) is 2.40. The molecule has 0 aliphatic carbocycles. The molecule has 0 bridgehead atoms. The van der Waals surface area contributed by atoms with Crippen LogP contribution in [0, 0.1) is 20.8 Å². The SMILES string of the molecule is Cc1ccc(CCC(N)c2cc(C)ccc2C)cc1. The number of hydrogen-bond donors (Lipinski definition) is 1. The molecule has 1 atom stereocenters. The Morgan fingerprint density at radius 1 is 0.895 bits per heavy atom. The second-order valence-electron chi connectivity index (χ2n) is 5.49. The van der Waals surface area contributed by atoms with Crippen molar-refractivity contribution in [3.63, 3.8) is 0 Å². The van der Waals surface area contributed by atoms with E-state index in [9.17, 15) is 0 Å². The molecule has 1 unspecified atom stereocenters. The van der Waals surface area contributed by atoms with Gasteiger partial charge in [-0.05, 0) is 50.3 Å². The molecule has 2 aromatic rings. The number of rotatable bonds is 4. The highest BCUT2D eigenvalue weighted by molar-refractivity contribution is 5.33. The molecule has 2 rings (SSSR count). The van der Waals surface area contributed by atoms with E-state index < -0.39 is 0 Å². The van der Waals surface area contributed by atoms with Gasteiger partial charge in [0.1, 0.15) is 0 Å². The molecule has 100 valence electrons. The van der Waals surface area contributed by atoms with Crippen molar-refractivity contribution < 1.29 is 0 Å². The second-order valence-corrected chi connectivity index (χ2v) is 5.49. The summed E-state index contributed by atoms with van der Waals surface area (Å²) in [6, 6.07) is 15.4. The lowest BCUT2D eigenvalue weighted by Gasteiger charge is -2.15. The third-order valence-electron chi connectivity index (χ3n) is 3.70. The van der Waals surface area contributed by atoms with E-state index >= 15 is 0 Å². The van der Waals surface area contributed by atoms with Gasteiger partial charge in [-0.25, -0.2) is 0 Å². The van der Waals surface area contributed by atoms with E-state index in [1.54, 1.807) is 0 Å². The van der Waals surface area contributed by atoms with Crippen molar-refractivity contribution >= 4 is 0 Å². The van der Waals surface area contributed by atoms with Gasteiger partial charge < -0.3 is 5.73 Å². The van der Waals surface area contributed by atoms with E-state index in [0.717, 1.165) is 12.8 Å². The lowest BCUT2D eigenvalue weighted by Crippen LogP contribution is -2.13. The third-order valence-corrected chi connectivity index (χ3v) is 3.70. The summed E-state index contributed by atoms with van der Waals surface area (Å²) in [7, 11) is 0. The van der Waals surface area contributed by atoms with E-state index in [2.05, 4.69) is 63.2 Å². The van der Waals surface area contributed by atoms with Gasteiger partial charge in [0, 0.05) is 6.04 Å². The Morgan fingerprint density at radius 2 is 1.53 bits per heavy atom. The first-order valence-corrected chi connectivity index (χ1v) is 6.94. The minimum absolute atomic E-state index is 0.126. The molecule has 2 aromatic carbocycles. The lowest BCUT2D eigenvalue weighted by molar-refractivity contribution is 0.647. The van der Waals surface area contributed by atoms with Crippen molar-refractivity contribution in [1.82, 2.24) is 0 Å². The van der Waals surface area contributed by atoms with Crippen LogP contribution >= 0.6 is 0 Å². The Kier molecular flexibility index (Phi) is 4.39. The minimum atomic E-state index is 0.126. The maximum absolute atomic E-state index is 6.34. The van der Waals surface area contributed by atoms with Crippen molar-refractivity contribution in [2.75, 3.05) is 0 Å². The molecule has 0 amide bonds. The Labute approximate surface area is 116 Å². The van der Waals surface area contributed by atoms with Crippen molar-refractivity contribution in [2.24, 2.45) is 5.73 Å². The molecule has 0 aliphatic rings. The predicted molar refractivity (Wildman–Crippen MR) is 82.3 cm³/mol. The summed E-state index contributed by atoms with van der Waals surface area (Å²) in [6.45, 7) is 6.38. The molecule has 0 spiro atoms. The summed E-state index contributed by atoms with van der Waals surface area (Å²) >= 11 is 0. The fourth-order valence-corrected chi connectivity index (χ4v) is 2.39. The highest BCUT2D eigenvalue weighted by Gasteiger charge is 2.09. The summed E-state index contributed by atoms with van der Waals surface area (Å²) < 4.78 is 0. The van der Waals surface area contributed by atoms with Crippen LogP contribution in [-0.2, 0) is 6.42 Å². The zero-order valence-electron chi connectivity index (χ0n) is 12.1. The highest BCUT2D eigenvalue weighted by Crippen LogP contribution is 2.21. The van der Waals surface area contributed by atoms with E-state index in [4.69, 9.17) is 5.73 Å². The fraction of sp³-hybridized carbons (Fsp3) is 0.333. The smallest absolute Gasteiger partial charge is 0.0300 e. The van der Waals surface area contributed by atoms with Gasteiger partial charge in [-0.1, -0.05) is 53.6 Å². The van der Waals surface area contributed by atoms with Crippen molar-refractivity contribution in [3.8, 4) is 0 Å².